The van der Waals surface area contributed by atoms with Gasteiger partial charge in [0.15, 0.2) is 12.7 Å². The third-order valence-electron chi connectivity index (χ3n) is 3.65. The Morgan fingerprint density at radius 3 is 2.54 bits per heavy atom. The maximum atomic E-state index is 11.9. The minimum absolute atomic E-state index is 0.259. The van der Waals surface area contributed by atoms with Gasteiger partial charge in [0, 0.05) is 13.0 Å². The van der Waals surface area contributed by atoms with Crippen molar-refractivity contribution in [1.82, 2.24) is 5.32 Å². The van der Waals surface area contributed by atoms with Crippen LogP contribution in [0.2, 0.25) is 0 Å². The van der Waals surface area contributed by atoms with Crippen LogP contribution in [0, 0.1) is 0 Å². The fraction of sp³-hybridized carbons (Fsp3) is 0.238. The van der Waals surface area contributed by atoms with Gasteiger partial charge in [0.1, 0.15) is 5.75 Å². The molecule has 0 aliphatic heterocycles. The SMILES string of the molecule is C=CCNC(=O)C(C)OC(=O)COc1ccccc1Cc1ccccc1. The lowest BCUT2D eigenvalue weighted by atomic mass is 10.0. The Bertz CT molecular complexity index is 743. The number of carbonyl (C=O) groups excluding carboxylic acids is 2. The van der Waals surface area contributed by atoms with Crippen molar-refractivity contribution in [2.75, 3.05) is 13.2 Å². The van der Waals surface area contributed by atoms with Gasteiger partial charge in [-0.05, 0) is 24.1 Å². The van der Waals surface area contributed by atoms with Crippen LogP contribution in [0.25, 0.3) is 0 Å². The highest BCUT2D eigenvalue weighted by Gasteiger charge is 2.17. The Hall–Kier alpha value is -3.08. The molecule has 5 heteroatoms. The van der Waals surface area contributed by atoms with Crippen molar-refractivity contribution in [3.63, 3.8) is 0 Å². The summed E-state index contributed by atoms with van der Waals surface area (Å²) in [6, 6.07) is 17.5. The molecule has 2 aromatic carbocycles. The number of carbonyl (C=O) groups is 2. The van der Waals surface area contributed by atoms with Crippen molar-refractivity contribution in [2.45, 2.75) is 19.4 Å². The van der Waals surface area contributed by atoms with Gasteiger partial charge in [-0.1, -0.05) is 54.6 Å². The molecule has 2 aromatic rings. The predicted octanol–water partition coefficient (Wildman–Crippen LogP) is 2.89. The first-order chi connectivity index (χ1) is 12.6. The summed E-state index contributed by atoms with van der Waals surface area (Å²) in [5.74, 6) is -0.347. The van der Waals surface area contributed by atoms with Crippen LogP contribution in [0.4, 0.5) is 0 Å². The molecule has 1 amide bonds. The second-order valence-corrected chi connectivity index (χ2v) is 5.72. The van der Waals surface area contributed by atoms with Gasteiger partial charge < -0.3 is 14.8 Å². The van der Waals surface area contributed by atoms with Crippen LogP contribution < -0.4 is 10.1 Å². The Kier molecular flexibility index (Phi) is 7.43. The van der Waals surface area contributed by atoms with Crippen molar-refractivity contribution in [2.24, 2.45) is 0 Å². The number of rotatable bonds is 9. The molecule has 0 saturated carbocycles. The van der Waals surface area contributed by atoms with Gasteiger partial charge in [-0.3, -0.25) is 4.79 Å². The lowest BCUT2D eigenvalue weighted by Gasteiger charge is -2.14. The zero-order valence-corrected chi connectivity index (χ0v) is 14.8. The Morgan fingerprint density at radius 2 is 1.81 bits per heavy atom. The summed E-state index contributed by atoms with van der Waals surface area (Å²) >= 11 is 0. The summed E-state index contributed by atoms with van der Waals surface area (Å²) in [7, 11) is 0. The zero-order valence-electron chi connectivity index (χ0n) is 14.8. The van der Waals surface area contributed by atoms with Crippen LogP contribution in [0.15, 0.2) is 67.3 Å². The van der Waals surface area contributed by atoms with Crippen LogP contribution in [0.3, 0.4) is 0 Å². The number of para-hydroxylation sites is 1. The molecule has 26 heavy (non-hydrogen) atoms. The van der Waals surface area contributed by atoms with Crippen molar-refractivity contribution in [1.29, 1.82) is 0 Å². The second kappa shape index (κ2) is 10.0. The first kappa shape index (κ1) is 19.2. The predicted molar refractivity (Wildman–Crippen MR) is 99.9 cm³/mol. The molecule has 1 atom stereocenters. The first-order valence-corrected chi connectivity index (χ1v) is 8.43. The van der Waals surface area contributed by atoms with Gasteiger partial charge >= 0.3 is 5.97 Å². The van der Waals surface area contributed by atoms with E-state index in [-0.39, 0.29) is 12.5 Å². The van der Waals surface area contributed by atoms with Gasteiger partial charge in [0.05, 0.1) is 0 Å². The molecule has 136 valence electrons. The maximum absolute atomic E-state index is 11.9. The number of esters is 1. The van der Waals surface area contributed by atoms with E-state index < -0.39 is 12.1 Å². The van der Waals surface area contributed by atoms with Crippen LogP contribution in [-0.2, 0) is 20.7 Å². The molecular weight excluding hydrogens is 330 g/mol. The summed E-state index contributed by atoms with van der Waals surface area (Å²) in [6.07, 6.45) is 1.37. The summed E-state index contributed by atoms with van der Waals surface area (Å²) in [5, 5.41) is 2.57. The molecule has 0 heterocycles. The third-order valence-corrected chi connectivity index (χ3v) is 3.65. The van der Waals surface area contributed by atoms with E-state index in [1.54, 1.807) is 6.08 Å². The number of nitrogens with one attached hydrogen (secondary N) is 1. The van der Waals surface area contributed by atoms with Gasteiger partial charge in [0.25, 0.3) is 5.91 Å². The van der Waals surface area contributed by atoms with Crippen LogP contribution >= 0.6 is 0 Å². The smallest absolute Gasteiger partial charge is 0.344 e. The van der Waals surface area contributed by atoms with E-state index in [0.29, 0.717) is 18.7 Å². The molecular formula is C21H23NO4. The normalized spacial score (nSPS) is 11.3. The standard InChI is InChI=1S/C21H23NO4/c1-3-13-22-21(24)16(2)26-20(23)15-25-19-12-8-7-11-18(19)14-17-9-5-4-6-10-17/h3-12,16H,1,13-15H2,2H3,(H,22,24). The molecule has 0 saturated heterocycles. The van der Waals surface area contributed by atoms with Gasteiger partial charge in [-0.25, -0.2) is 4.79 Å². The lowest BCUT2D eigenvalue weighted by Crippen LogP contribution is -2.36. The number of ether oxygens (including phenoxy) is 2. The van der Waals surface area contributed by atoms with Crippen molar-refractivity contribution in [3.8, 4) is 5.75 Å². The molecule has 5 nitrogen and oxygen atoms in total. The largest absolute Gasteiger partial charge is 0.482 e. The van der Waals surface area contributed by atoms with Crippen molar-refractivity contribution >= 4 is 11.9 Å². The molecule has 0 spiro atoms. The summed E-state index contributed by atoms with van der Waals surface area (Å²) in [4.78, 5) is 23.6. The number of hydrogen-bond donors (Lipinski definition) is 1. The molecule has 0 aliphatic carbocycles. The fourth-order valence-corrected chi connectivity index (χ4v) is 2.34. The molecule has 0 aromatic heterocycles. The van der Waals surface area contributed by atoms with E-state index in [4.69, 9.17) is 9.47 Å². The monoisotopic (exact) mass is 353 g/mol. The molecule has 0 radical (unpaired) electrons. The highest BCUT2D eigenvalue weighted by Crippen LogP contribution is 2.21. The van der Waals surface area contributed by atoms with Crippen molar-refractivity contribution in [3.05, 3.63) is 78.4 Å². The summed E-state index contributed by atoms with van der Waals surface area (Å²) in [6.45, 7) is 5.09. The number of benzene rings is 2. The highest BCUT2D eigenvalue weighted by molar-refractivity contribution is 5.83. The van der Waals surface area contributed by atoms with Crippen LogP contribution in [0.1, 0.15) is 18.1 Å². The highest BCUT2D eigenvalue weighted by atomic mass is 16.6. The number of amides is 1. The number of hydrogen-bond acceptors (Lipinski definition) is 4. The molecule has 1 N–H and O–H groups in total. The molecule has 0 bridgehead atoms. The van der Waals surface area contributed by atoms with Crippen molar-refractivity contribution < 1.29 is 19.1 Å². The van der Waals surface area contributed by atoms with E-state index in [2.05, 4.69) is 11.9 Å². The quantitative estimate of drug-likeness (QED) is 0.556. The average molecular weight is 353 g/mol. The van der Waals surface area contributed by atoms with E-state index in [0.717, 1.165) is 11.1 Å². The van der Waals surface area contributed by atoms with E-state index >= 15 is 0 Å². The fourth-order valence-electron chi connectivity index (χ4n) is 2.34. The van der Waals surface area contributed by atoms with E-state index in [9.17, 15) is 9.59 Å². The third kappa shape index (κ3) is 6.09. The Morgan fingerprint density at radius 1 is 1.12 bits per heavy atom. The Labute approximate surface area is 153 Å². The first-order valence-electron chi connectivity index (χ1n) is 8.43. The molecule has 0 aliphatic rings. The minimum Gasteiger partial charge on any atom is -0.482 e. The van der Waals surface area contributed by atoms with Gasteiger partial charge in [0.2, 0.25) is 0 Å². The summed E-state index contributed by atoms with van der Waals surface area (Å²) in [5.41, 5.74) is 2.13. The van der Waals surface area contributed by atoms with Crippen LogP contribution in [-0.4, -0.2) is 31.1 Å². The zero-order chi connectivity index (χ0) is 18.8. The van der Waals surface area contributed by atoms with Gasteiger partial charge in [-0.15, -0.1) is 6.58 Å². The molecule has 1 unspecified atom stereocenters. The summed E-state index contributed by atoms with van der Waals surface area (Å²) < 4.78 is 10.7. The maximum Gasteiger partial charge on any atom is 0.344 e. The molecule has 0 fully saturated rings. The van der Waals surface area contributed by atoms with E-state index in [1.807, 2.05) is 54.6 Å². The molecule has 2 rings (SSSR count). The average Bonchev–Trinajstić information content (AvgIpc) is 2.66. The van der Waals surface area contributed by atoms with E-state index in [1.165, 1.54) is 6.92 Å². The lowest BCUT2D eigenvalue weighted by molar-refractivity contribution is -0.156. The topological polar surface area (TPSA) is 64.6 Å². The van der Waals surface area contributed by atoms with Gasteiger partial charge in [-0.2, -0.15) is 0 Å². The second-order valence-electron chi connectivity index (χ2n) is 5.72. The Balaban J connectivity index is 1.90. The minimum atomic E-state index is -0.884. The van der Waals surface area contributed by atoms with Crippen LogP contribution in [0.5, 0.6) is 5.75 Å².